The smallest absolute Gasteiger partial charge is 0.149 e. The van der Waals surface area contributed by atoms with Gasteiger partial charge in [0, 0.05) is 18.8 Å². The number of aromatic nitrogens is 1. The average Bonchev–Trinajstić information content (AvgIpc) is 2.04. The summed E-state index contributed by atoms with van der Waals surface area (Å²) in [4.78, 5) is 4.20. The molecule has 0 bridgehead atoms. The Morgan fingerprint density at radius 3 is 3.45 bits per heavy atom. The molecule has 58 valence electrons. The quantitative estimate of drug-likeness (QED) is 0.584. The second-order valence-corrected chi connectivity index (χ2v) is 2.83. The summed E-state index contributed by atoms with van der Waals surface area (Å²) in [6.45, 7) is 3.10. The predicted octanol–water partition coefficient (Wildman–Crippen LogP) is 1.31. The fourth-order valence-corrected chi connectivity index (χ4v) is 1.21. The zero-order valence-electron chi connectivity index (χ0n) is 6.46. The van der Waals surface area contributed by atoms with Crippen molar-refractivity contribution in [2.24, 2.45) is 0 Å². The van der Waals surface area contributed by atoms with Gasteiger partial charge in [0.15, 0.2) is 0 Å². The maximum Gasteiger partial charge on any atom is 0.149 e. The number of nitrogens with one attached hydrogen (secondary N) is 2. The van der Waals surface area contributed by atoms with Gasteiger partial charge in [-0.2, -0.15) is 0 Å². The largest absolute Gasteiger partial charge is 0.380 e. The van der Waals surface area contributed by atoms with Gasteiger partial charge >= 0.3 is 0 Å². The van der Waals surface area contributed by atoms with Crippen LogP contribution in [0.4, 0.5) is 11.5 Å². The van der Waals surface area contributed by atoms with Crippen molar-refractivity contribution in [1.29, 1.82) is 0 Å². The van der Waals surface area contributed by atoms with Crippen molar-refractivity contribution in [1.82, 2.24) is 4.98 Å². The molecule has 11 heavy (non-hydrogen) atoms. The van der Waals surface area contributed by atoms with Crippen molar-refractivity contribution in [2.45, 2.75) is 13.0 Å². The molecule has 3 nitrogen and oxygen atoms in total. The van der Waals surface area contributed by atoms with Crippen molar-refractivity contribution in [3.63, 3.8) is 0 Å². The van der Waals surface area contributed by atoms with Crippen LogP contribution in [0.3, 0.4) is 0 Å². The Bertz CT molecular complexity index is 259. The van der Waals surface area contributed by atoms with Gasteiger partial charge in [-0.05, 0) is 19.1 Å². The van der Waals surface area contributed by atoms with Gasteiger partial charge in [-0.25, -0.2) is 4.98 Å². The summed E-state index contributed by atoms with van der Waals surface area (Å²) < 4.78 is 0. The lowest BCUT2D eigenvalue weighted by atomic mass is 10.2. The molecule has 1 atom stereocenters. The lowest BCUT2D eigenvalue weighted by Gasteiger charge is -2.24. The Balaban J connectivity index is 2.34. The minimum atomic E-state index is 0.470. The lowest BCUT2D eigenvalue weighted by molar-refractivity contribution is 0.808. The fraction of sp³-hybridized carbons (Fsp3) is 0.375. The van der Waals surface area contributed by atoms with E-state index in [1.54, 1.807) is 6.20 Å². The third-order valence-corrected chi connectivity index (χ3v) is 1.79. The van der Waals surface area contributed by atoms with Crippen LogP contribution in [-0.4, -0.2) is 17.6 Å². The van der Waals surface area contributed by atoms with Crippen LogP contribution in [0.25, 0.3) is 0 Å². The van der Waals surface area contributed by atoms with Gasteiger partial charge in [-0.1, -0.05) is 0 Å². The van der Waals surface area contributed by atoms with Crippen LogP contribution in [0.2, 0.25) is 0 Å². The van der Waals surface area contributed by atoms with Gasteiger partial charge in [-0.3, -0.25) is 0 Å². The standard InChI is InChI=1S/C8H11N3/c1-6-5-10-7-3-2-4-9-8(7)11-6/h2-4,6,10H,5H2,1H3,(H,9,11)/t6-/m1/s1. The minimum absolute atomic E-state index is 0.470. The number of rotatable bonds is 0. The molecule has 0 unspecified atom stereocenters. The van der Waals surface area contributed by atoms with E-state index in [1.165, 1.54) is 0 Å². The highest BCUT2D eigenvalue weighted by atomic mass is 15.1. The second kappa shape index (κ2) is 2.42. The van der Waals surface area contributed by atoms with Crippen LogP contribution < -0.4 is 10.6 Å². The maximum atomic E-state index is 4.20. The fourth-order valence-electron chi connectivity index (χ4n) is 1.21. The van der Waals surface area contributed by atoms with Gasteiger partial charge in [-0.15, -0.1) is 0 Å². The Morgan fingerprint density at radius 1 is 1.64 bits per heavy atom. The van der Waals surface area contributed by atoms with E-state index in [0.717, 1.165) is 18.1 Å². The molecule has 0 amide bonds. The van der Waals surface area contributed by atoms with E-state index < -0.39 is 0 Å². The zero-order chi connectivity index (χ0) is 7.68. The normalized spacial score (nSPS) is 21.4. The molecule has 2 rings (SSSR count). The van der Waals surface area contributed by atoms with Crippen molar-refractivity contribution >= 4 is 11.5 Å². The van der Waals surface area contributed by atoms with Crippen molar-refractivity contribution < 1.29 is 0 Å². The van der Waals surface area contributed by atoms with E-state index in [-0.39, 0.29) is 0 Å². The van der Waals surface area contributed by atoms with E-state index in [0.29, 0.717) is 6.04 Å². The molecular weight excluding hydrogens is 138 g/mol. The van der Waals surface area contributed by atoms with Crippen molar-refractivity contribution in [3.05, 3.63) is 18.3 Å². The number of pyridine rings is 1. The Labute approximate surface area is 65.8 Å². The number of fused-ring (bicyclic) bond motifs is 1. The number of hydrogen-bond donors (Lipinski definition) is 2. The minimum Gasteiger partial charge on any atom is -0.380 e. The summed E-state index contributed by atoms with van der Waals surface area (Å²) >= 11 is 0. The van der Waals surface area contributed by atoms with E-state index in [2.05, 4.69) is 22.5 Å². The van der Waals surface area contributed by atoms with E-state index in [4.69, 9.17) is 0 Å². The molecule has 1 aromatic heterocycles. The molecule has 1 aliphatic rings. The monoisotopic (exact) mass is 149 g/mol. The summed E-state index contributed by atoms with van der Waals surface area (Å²) in [5, 5.41) is 6.57. The Morgan fingerprint density at radius 2 is 2.55 bits per heavy atom. The van der Waals surface area contributed by atoms with Crippen LogP contribution in [0.5, 0.6) is 0 Å². The third kappa shape index (κ3) is 1.13. The van der Waals surface area contributed by atoms with Crippen molar-refractivity contribution in [2.75, 3.05) is 17.2 Å². The summed E-state index contributed by atoms with van der Waals surface area (Å²) in [5.41, 5.74) is 1.10. The van der Waals surface area contributed by atoms with E-state index in [1.807, 2.05) is 12.1 Å². The molecule has 3 heteroatoms. The van der Waals surface area contributed by atoms with Gasteiger partial charge in [0.2, 0.25) is 0 Å². The average molecular weight is 149 g/mol. The lowest BCUT2D eigenvalue weighted by Crippen LogP contribution is -2.30. The predicted molar refractivity (Wildman–Crippen MR) is 45.8 cm³/mol. The van der Waals surface area contributed by atoms with Crippen LogP contribution >= 0.6 is 0 Å². The molecule has 0 fully saturated rings. The van der Waals surface area contributed by atoms with E-state index >= 15 is 0 Å². The Hall–Kier alpha value is -1.25. The summed E-state index contributed by atoms with van der Waals surface area (Å²) in [5.74, 6) is 0.964. The summed E-state index contributed by atoms with van der Waals surface area (Å²) in [6, 6.07) is 4.43. The Kier molecular flexibility index (Phi) is 1.42. The van der Waals surface area contributed by atoms with Crippen LogP contribution in [-0.2, 0) is 0 Å². The van der Waals surface area contributed by atoms with Crippen LogP contribution in [0.15, 0.2) is 18.3 Å². The molecule has 2 N–H and O–H groups in total. The molecule has 0 radical (unpaired) electrons. The first kappa shape index (κ1) is 6.46. The van der Waals surface area contributed by atoms with Crippen LogP contribution in [0.1, 0.15) is 6.92 Å². The molecule has 0 aromatic carbocycles. The molecule has 0 saturated carbocycles. The van der Waals surface area contributed by atoms with E-state index in [9.17, 15) is 0 Å². The summed E-state index contributed by atoms with van der Waals surface area (Å²) in [7, 11) is 0. The number of nitrogens with zero attached hydrogens (tertiary/aromatic N) is 1. The third-order valence-electron chi connectivity index (χ3n) is 1.79. The van der Waals surface area contributed by atoms with Gasteiger partial charge in [0.1, 0.15) is 5.82 Å². The highest BCUT2D eigenvalue weighted by Crippen LogP contribution is 2.21. The molecule has 0 spiro atoms. The molecule has 1 aliphatic heterocycles. The first-order valence-corrected chi connectivity index (χ1v) is 3.81. The zero-order valence-corrected chi connectivity index (χ0v) is 6.46. The molecule has 0 aliphatic carbocycles. The van der Waals surface area contributed by atoms with Gasteiger partial charge in [0.05, 0.1) is 5.69 Å². The number of anilines is 2. The topological polar surface area (TPSA) is 37.0 Å². The molecule has 0 saturated heterocycles. The maximum absolute atomic E-state index is 4.20. The van der Waals surface area contributed by atoms with Gasteiger partial charge in [0.25, 0.3) is 0 Å². The highest BCUT2D eigenvalue weighted by molar-refractivity contribution is 5.66. The first-order valence-electron chi connectivity index (χ1n) is 3.81. The molecule has 2 heterocycles. The first-order chi connectivity index (χ1) is 5.36. The molecule has 1 aromatic rings. The number of hydrogen-bond acceptors (Lipinski definition) is 3. The van der Waals surface area contributed by atoms with Gasteiger partial charge < -0.3 is 10.6 Å². The van der Waals surface area contributed by atoms with Crippen molar-refractivity contribution in [3.8, 4) is 0 Å². The highest BCUT2D eigenvalue weighted by Gasteiger charge is 2.12. The summed E-state index contributed by atoms with van der Waals surface area (Å²) in [6.07, 6.45) is 1.80. The SMILES string of the molecule is C[C@@H]1CNc2cccnc2N1. The van der Waals surface area contributed by atoms with Crippen LogP contribution in [0, 0.1) is 0 Å². The molecular formula is C8H11N3. The second-order valence-electron chi connectivity index (χ2n) is 2.83.